The maximum Gasteiger partial charge on any atom is 0.238 e. The van der Waals surface area contributed by atoms with Crippen LogP contribution < -0.4 is 5.32 Å². The number of aryl methyl sites for hydroxylation is 1. The minimum Gasteiger partial charge on any atom is -0.348 e. The highest BCUT2D eigenvalue weighted by atomic mass is 32.2. The first-order valence-corrected chi connectivity index (χ1v) is 10.0. The Morgan fingerprint density at radius 2 is 1.61 bits per heavy atom. The van der Waals surface area contributed by atoms with Crippen LogP contribution in [0.2, 0.25) is 0 Å². The second kappa shape index (κ2) is 8.31. The molecule has 0 bridgehead atoms. The summed E-state index contributed by atoms with van der Waals surface area (Å²) in [6.45, 7) is 0.392. The molecule has 0 fully saturated rings. The van der Waals surface area contributed by atoms with Gasteiger partial charge in [-0.3, -0.25) is 4.79 Å². The van der Waals surface area contributed by atoms with Crippen molar-refractivity contribution >= 4 is 28.7 Å². The quantitative estimate of drug-likeness (QED) is 0.487. The average molecular weight is 388 g/mol. The van der Waals surface area contributed by atoms with Crippen LogP contribution in [0.4, 0.5) is 0 Å². The molecule has 1 N–H and O–H groups in total. The van der Waals surface area contributed by atoms with E-state index in [0.29, 0.717) is 6.54 Å². The average Bonchev–Trinajstić information content (AvgIpc) is 3.07. The molecule has 1 aromatic heterocycles. The first kappa shape index (κ1) is 18.3. The Hall–Kier alpha value is -3.05. The third-order valence-electron chi connectivity index (χ3n) is 4.64. The molecule has 4 rings (SSSR count). The van der Waals surface area contributed by atoms with E-state index in [1.807, 2.05) is 96.5 Å². The van der Waals surface area contributed by atoms with E-state index in [4.69, 9.17) is 0 Å². The van der Waals surface area contributed by atoms with Gasteiger partial charge in [0.25, 0.3) is 0 Å². The zero-order valence-electron chi connectivity index (χ0n) is 15.6. The zero-order chi connectivity index (χ0) is 19.3. The molecule has 4 nitrogen and oxygen atoms in total. The van der Waals surface area contributed by atoms with Crippen molar-refractivity contribution in [3.63, 3.8) is 0 Å². The van der Waals surface area contributed by atoms with Crippen LogP contribution in [0.1, 0.15) is 16.6 Å². The predicted octanol–water partition coefficient (Wildman–Crippen LogP) is 4.72. The van der Waals surface area contributed by atoms with Crippen molar-refractivity contribution in [2.75, 3.05) is 0 Å². The molecule has 1 heterocycles. The van der Waals surface area contributed by atoms with Crippen LogP contribution in [-0.2, 0) is 18.4 Å². The van der Waals surface area contributed by atoms with E-state index in [0.717, 1.165) is 27.3 Å². The Morgan fingerprint density at radius 3 is 2.32 bits per heavy atom. The molecule has 3 aromatic carbocycles. The van der Waals surface area contributed by atoms with Gasteiger partial charge in [-0.25, -0.2) is 4.98 Å². The van der Waals surface area contributed by atoms with Gasteiger partial charge in [-0.2, -0.15) is 0 Å². The summed E-state index contributed by atoms with van der Waals surface area (Å²) >= 11 is 1.56. The van der Waals surface area contributed by atoms with Crippen LogP contribution in [0.15, 0.2) is 89.8 Å². The maximum atomic E-state index is 13.1. The number of hydrogen-bond donors (Lipinski definition) is 1. The molecular weight excluding hydrogens is 366 g/mol. The lowest BCUT2D eigenvalue weighted by atomic mass is 10.1. The molecule has 4 aromatic rings. The number of carbonyl (C=O) groups excluding carboxylic acids is 1. The molecule has 0 aliphatic carbocycles. The molecule has 1 atom stereocenters. The summed E-state index contributed by atoms with van der Waals surface area (Å²) in [5, 5.41) is 2.76. The number of nitrogens with one attached hydrogen (secondary N) is 1. The lowest BCUT2D eigenvalue weighted by Gasteiger charge is -2.17. The standard InChI is InChI=1S/C23H21N3OS/c1-26-20-15-9-8-14-19(20)25-21(26)16-24-23(27)22(17-10-4-2-5-11-17)28-18-12-6-3-7-13-18/h2-15,22H,16H2,1H3,(H,24,27)/t22-/m0/s1. The summed E-state index contributed by atoms with van der Waals surface area (Å²) in [6.07, 6.45) is 0. The molecule has 0 spiro atoms. The highest BCUT2D eigenvalue weighted by Gasteiger charge is 2.22. The number of benzene rings is 3. The number of imidazole rings is 1. The van der Waals surface area contributed by atoms with Crippen molar-refractivity contribution in [2.45, 2.75) is 16.7 Å². The van der Waals surface area contributed by atoms with Gasteiger partial charge in [0.15, 0.2) is 0 Å². The Labute approximate surface area is 168 Å². The van der Waals surface area contributed by atoms with Gasteiger partial charge >= 0.3 is 0 Å². The summed E-state index contributed by atoms with van der Waals surface area (Å²) in [5.74, 6) is 0.818. The third-order valence-corrected chi connectivity index (χ3v) is 5.90. The number of carbonyl (C=O) groups is 1. The highest BCUT2D eigenvalue weighted by molar-refractivity contribution is 8.00. The van der Waals surface area contributed by atoms with Crippen molar-refractivity contribution in [3.8, 4) is 0 Å². The van der Waals surface area contributed by atoms with E-state index in [1.165, 1.54) is 0 Å². The fraction of sp³-hybridized carbons (Fsp3) is 0.130. The van der Waals surface area contributed by atoms with Gasteiger partial charge in [-0.05, 0) is 29.8 Å². The van der Waals surface area contributed by atoms with Gasteiger partial charge in [-0.1, -0.05) is 60.7 Å². The zero-order valence-corrected chi connectivity index (χ0v) is 16.4. The van der Waals surface area contributed by atoms with Gasteiger partial charge in [-0.15, -0.1) is 11.8 Å². The molecule has 0 aliphatic rings. The Kier molecular flexibility index (Phi) is 5.44. The summed E-state index contributed by atoms with van der Waals surface area (Å²) in [5.41, 5.74) is 2.98. The number of hydrogen-bond acceptors (Lipinski definition) is 3. The van der Waals surface area contributed by atoms with Crippen molar-refractivity contribution < 1.29 is 4.79 Å². The number of amides is 1. The smallest absolute Gasteiger partial charge is 0.238 e. The number of fused-ring (bicyclic) bond motifs is 1. The summed E-state index contributed by atoms with van der Waals surface area (Å²) < 4.78 is 2.03. The van der Waals surface area contributed by atoms with Crippen LogP contribution in [-0.4, -0.2) is 15.5 Å². The van der Waals surface area contributed by atoms with E-state index in [2.05, 4.69) is 10.3 Å². The number of para-hydroxylation sites is 2. The van der Waals surface area contributed by atoms with Crippen molar-refractivity contribution in [2.24, 2.45) is 7.05 Å². The minimum absolute atomic E-state index is 0.0212. The summed E-state index contributed by atoms with van der Waals surface area (Å²) in [7, 11) is 1.98. The van der Waals surface area contributed by atoms with E-state index in [9.17, 15) is 4.79 Å². The third kappa shape index (κ3) is 3.94. The Bertz CT molecular complexity index is 1080. The topological polar surface area (TPSA) is 46.9 Å². The van der Waals surface area contributed by atoms with Gasteiger partial charge in [0, 0.05) is 11.9 Å². The fourth-order valence-corrected chi connectivity index (χ4v) is 4.22. The molecular formula is C23H21N3OS. The highest BCUT2D eigenvalue weighted by Crippen LogP contribution is 2.35. The molecule has 0 saturated heterocycles. The molecule has 0 aliphatic heterocycles. The molecule has 0 radical (unpaired) electrons. The minimum atomic E-state index is -0.321. The Balaban J connectivity index is 1.54. The second-order valence-electron chi connectivity index (χ2n) is 6.52. The van der Waals surface area contributed by atoms with Crippen LogP contribution in [0.25, 0.3) is 11.0 Å². The number of nitrogens with zero attached hydrogens (tertiary/aromatic N) is 2. The maximum absolute atomic E-state index is 13.1. The van der Waals surface area contributed by atoms with Crippen molar-refractivity contribution in [3.05, 3.63) is 96.3 Å². The van der Waals surface area contributed by atoms with Crippen LogP contribution in [0.5, 0.6) is 0 Å². The molecule has 5 heteroatoms. The number of rotatable bonds is 6. The largest absolute Gasteiger partial charge is 0.348 e. The normalized spacial score (nSPS) is 12.0. The van der Waals surface area contributed by atoms with E-state index in [-0.39, 0.29) is 11.2 Å². The number of thioether (sulfide) groups is 1. The molecule has 0 unspecified atom stereocenters. The van der Waals surface area contributed by atoms with Crippen LogP contribution in [0, 0.1) is 0 Å². The SMILES string of the molecule is Cn1c(CNC(=O)[C@@H](Sc2ccccc2)c2ccccc2)nc2ccccc21. The van der Waals surface area contributed by atoms with Gasteiger partial charge < -0.3 is 9.88 Å². The lowest BCUT2D eigenvalue weighted by Crippen LogP contribution is -2.28. The van der Waals surface area contributed by atoms with Crippen molar-refractivity contribution in [1.82, 2.24) is 14.9 Å². The van der Waals surface area contributed by atoms with Gasteiger partial charge in [0.1, 0.15) is 11.1 Å². The monoisotopic (exact) mass is 387 g/mol. The summed E-state index contributed by atoms with van der Waals surface area (Å²) in [6, 6.07) is 27.9. The van der Waals surface area contributed by atoms with Gasteiger partial charge in [0.2, 0.25) is 5.91 Å². The van der Waals surface area contributed by atoms with Crippen molar-refractivity contribution in [1.29, 1.82) is 0 Å². The predicted molar refractivity (Wildman–Crippen MR) is 114 cm³/mol. The van der Waals surface area contributed by atoms with E-state index >= 15 is 0 Å². The second-order valence-corrected chi connectivity index (χ2v) is 7.69. The molecule has 0 saturated carbocycles. The lowest BCUT2D eigenvalue weighted by molar-refractivity contribution is -0.120. The summed E-state index contributed by atoms with van der Waals surface area (Å²) in [4.78, 5) is 18.8. The molecule has 140 valence electrons. The molecule has 1 amide bonds. The first-order valence-electron chi connectivity index (χ1n) is 9.17. The number of aromatic nitrogens is 2. The van der Waals surface area contributed by atoms with Crippen LogP contribution >= 0.6 is 11.8 Å². The van der Waals surface area contributed by atoms with E-state index in [1.54, 1.807) is 11.8 Å². The molecule has 28 heavy (non-hydrogen) atoms. The first-order chi connectivity index (χ1) is 13.7. The Morgan fingerprint density at radius 1 is 0.964 bits per heavy atom. The fourth-order valence-electron chi connectivity index (χ4n) is 3.15. The van der Waals surface area contributed by atoms with Gasteiger partial charge in [0.05, 0.1) is 17.6 Å². The van der Waals surface area contributed by atoms with Crippen LogP contribution in [0.3, 0.4) is 0 Å². The van der Waals surface area contributed by atoms with E-state index < -0.39 is 0 Å².